The lowest BCUT2D eigenvalue weighted by Gasteiger charge is -2.10. The number of aryl methyl sites for hydroxylation is 1. The summed E-state index contributed by atoms with van der Waals surface area (Å²) in [6.07, 6.45) is 0. The molecule has 0 atom stereocenters. The first kappa shape index (κ1) is 12.2. The van der Waals surface area contributed by atoms with E-state index < -0.39 is 23.3 Å². The summed E-state index contributed by atoms with van der Waals surface area (Å²) >= 11 is 0. The van der Waals surface area contributed by atoms with E-state index in [4.69, 9.17) is 5.73 Å². The second kappa shape index (κ2) is 4.56. The fourth-order valence-electron chi connectivity index (χ4n) is 1.42. The third kappa shape index (κ3) is 2.37. The fraction of sp³-hybridized carbons (Fsp3) is 0.0833. The fourth-order valence-corrected chi connectivity index (χ4v) is 1.42. The zero-order valence-electron chi connectivity index (χ0n) is 9.47. The van der Waals surface area contributed by atoms with Gasteiger partial charge in [-0.15, -0.1) is 0 Å². The van der Waals surface area contributed by atoms with Crippen LogP contribution in [0.3, 0.4) is 0 Å². The number of hydrogen-bond acceptors (Lipinski definition) is 3. The predicted octanol–water partition coefficient (Wildman–Crippen LogP) is 3.13. The number of aromatic nitrogens is 1. The molecule has 0 aliphatic rings. The maximum atomic E-state index is 13.4. The molecule has 1 aromatic carbocycles. The van der Waals surface area contributed by atoms with Gasteiger partial charge in [0.05, 0.1) is 0 Å². The molecule has 3 nitrogen and oxygen atoms in total. The number of hydrogen-bond donors (Lipinski definition) is 2. The third-order valence-electron chi connectivity index (χ3n) is 2.41. The van der Waals surface area contributed by atoms with Crippen LogP contribution in [0.5, 0.6) is 0 Å². The van der Waals surface area contributed by atoms with Crippen molar-refractivity contribution in [2.75, 3.05) is 11.1 Å². The molecule has 2 rings (SSSR count). The monoisotopic (exact) mass is 253 g/mol. The predicted molar refractivity (Wildman–Crippen MR) is 63.0 cm³/mol. The minimum atomic E-state index is -0.936. The molecule has 0 radical (unpaired) electrons. The van der Waals surface area contributed by atoms with Gasteiger partial charge in [-0.05, 0) is 24.6 Å². The van der Waals surface area contributed by atoms with Gasteiger partial charge in [0.25, 0.3) is 0 Å². The second-order valence-corrected chi connectivity index (χ2v) is 3.77. The quantitative estimate of drug-likeness (QED) is 0.864. The highest BCUT2D eigenvalue weighted by molar-refractivity contribution is 5.61. The molecule has 0 fully saturated rings. The summed E-state index contributed by atoms with van der Waals surface area (Å²) < 4.78 is 39.4. The molecule has 0 aliphatic heterocycles. The zero-order chi connectivity index (χ0) is 13.3. The Bertz CT molecular complexity index is 599. The van der Waals surface area contributed by atoms with Crippen LogP contribution in [0, 0.1) is 24.4 Å². The van der Waals surface area contributed by atoms with Crippen LogP contribution in [0.25, 0.3) is 0 Å². The number of benzene rings is 1. The first-order valence-electron chi connectivity index (χ1n) is 5.12. The van der Waals surface area contributed by atoms with E-state index in [9.17, 15) is 13.2 Å². The minimum Gasteiger partial charge on any atom is -0.381 e. The smallest absolute Gasteiger partial charge is 0.169 e. The Morgan fingerprint density at radius 2 is 1.83 bits per heavy atom. The van der Waals surface area contributed by atoms with Crippen LogP contribution in [0.4, 0.5) is 30.5 Å². The zero-order valence-corrected chi connectivity index (χ0v) is 9.47. The van der Waals surface area contributed by atoms with Crippen molar-refractivity contribution in [2.24, 2.45) is 0 Å². The van der Waals surface area contributed by atoms with Crippen LogP contribution in [0.15, 0.2) is 24.3 Å². The summed E-state index contributed by atoms with van der Waals surface area (Å²) in [7, 11) is 0. The van der Waals surface area contributed by atoms with E-state index in [0.717, 1.165) is 0 Å². The minimum absolute atomic E-state index is 0.248. The molecule has 2 aromatic rings. The molecule has 1 heterocycles. The molecule has 0 spiro atoms. The lowest BCUT2D eigenvalue weighted by molar-refractivity contribution is 0.580. The van der Waals surface area contributed by atoms with Crippen molar-refractivity contribution in [3.8, 4) is 0 Å². The number of nitrogens with two attached hydrogens (primary N) is 1. The van der Waals surface area contributed by atoms with Crippen molar-refractivity contribution in [3.05, 3.63) is 47.3 Å². The lowest BCUT2D eigenvalue weighted by Crippen LogP contribution is -2.04. The van der Waals surface area contributed by atoms with Crippen LogP contribution < -0.4 is 11.1 Å². The van der Waals surface area contributed by atoms with E-state index in [-0.39, 0.29) is 5.82 Å². The summed E-state index contributed by atoms with van der Waals surface area (Å²) in [5.74, 6) is -2.98. The summed E-state index contributed by atoms with van der Waals surface area (Å²) in [6, 6.07) is 4.63. The number of anilines is 3. The van der Waals surface area contributed by atoms with E-state index in [1.807, 2.05) is 0 Å². The number of nitrogens with zero attached hydrogens (tertiary/aromatic N) is 1. The van der Waals surface area contributed by atoms with Crippen molar-refractivity contribution < 1.29 is 13.2 Å². The standard InChI is InChI=1S/C12H10F3N3/c1-6-2-3-7(13)4-10(6)17-12-9(15)5-8(14)11(16)18-12/h2-5H,1H3,(H3,16,17,18). The first-order chi connectivity index (χ1) is 8.47. The average Bonchev–Trinajstić information content (AvgIpc) is 2.30. The number of rotatable bonds is 2. The highest BCUT2D eigenvalue weighted by Crippen LogP contribution is 2.24. The van der Waals surface area contributed by atoms with Crippen LogP contribution >= 0.6 is 0 Å². The van der Waals surface area contributed by atoms with Crippen molar-refractivity contribution in [1.29, 1.82) is 0 Å². The first-order valence-corrected chi connectivity index (χ1v) is 5.12. The SMILES string of the molecule is Cc1ccc(F)cc1Nc1nc(N)c(F)cc1F. The molecular formula is C12H10F3N3. The molecule has 0 bridgehead atoms. The molecule has 0 aliphatic carbocycles. The van der Waals surface area contributed by atoms with Gasteiger partial charge in [-0.25, -0.2) is 18.2 Å². The molecule has 0 saturated heterocycles. The van der Waals surface area contributed by atoms with E-state index in [2.05, 4.69) is 10.3 Å². The molecule has 94 valence electrons. The van der Waals surface area contributed by atoms with Crippen LogP contribution in [0.1, 0.15) is 5.56 Å². The second-order valence-electron chi connectivity index (χ2n) is 3.77. The van der Waals surface area contributed by atoms with Gasteiger partial charge in [0.15, 0.2) is 23.3 Å². The van der Waals surface area contributed by atoms with Crippen LogP contribution in [-0.4, -0.2) is 4.98 Å². The average molecular weight is 253 g/mol. The molecular weight excluding hydrogens is 243 g/mol. The Morgan fingerprint density at radius 1 is 1.11 bits per heavy atom. The maximum absolute atomic E-state index is 13.4. The van der Waals surface area contributed by atoms with Gasteiger partial charge in [-0.2, -0.15) is 0 Å². The lowest BCUT2D eigenvalue weighted by atomic mass is 10.2. The van der Waals surface area contributed by atoms with Crippen molar-refractivity contribution in [1.82, 2.24) is 4.98 Å². The molecule has 0 saturated carbocycles. The summed E-state index contributed by atoms with van der Waals surface area (Å²) in [5, 5.41) is 2.58. The summed E-state index contributed by atoms with van der Waals surface area (Å²) in [5.41, 5.74) is 6.28. The van der Waals surface area contributed by atoms with E-state index in [1.165, 1.54) is 18.2 Å². The van der Waals surface area contributed by atoms with E-state index >= 15 is 0 Å². The van der Waals surface area contributed by atoms with Crippen molar-refractivity contribution in [2.45, 2.75) is 6.92 Å². The molecule has 6 heteroatoms. The Morgan fingerprint density at radius 3 is 2.56 bits per heavy atom. The number of nitrogen functional groups attached to an aromatic ring is 1. The topological polar surface area (TPSA) is 50.9 Å². The van der Waals surface area contributed by atoms with Gasteiger partial charge in [0, 0.05) is 11.8 Å². The Kier molecular flexibility index (Phi) is 3.10. The van der Waals surface area contributed by atoms with Crippen molar-refractivity contribution >= 4 is 17.3 Å². The van der Waals surface area contributed by atoms with Gasteiger partial charge in [-0.1, -0.05) is 6.07 Å². The third-order valence-corrected chi connectivity index (χ3v) is 2.41. The number of halogens is 3. The number of nitrogens with one attached hydrogen (secondary N) is 1. The van der Waals surface area contributed by atoms with Crippen molar-refractivity contribution in [3.63, 3.8) is 0 Å². The Labute approximate surface area is 101 Å². The largest absolute Gasteiger partial charge is 0.381 e. The summed E-state index contributed by atoms with van der Waals surface area (Å²) in [6.45, 7) is 1.71. The van der Waals surface area contributed by atoms with Gasteiger partial charge in [-0.3, -0.25) is 0 Å². The molecule has 18 heavy (non-hydrogen) atoms. The van der Waals surface area contributed by atoms with Gasteiger partial charge >= 0.3 is 0 Å². The Balaban J connectivity index is 2.40. The van der Waals surface area contributed by atoms with Gasteiger partial charge in [0.1, 0.15) is 5.82 Å². The molecule has 3 N–H and O–H groups in total. The molecule has 1 aromatic heterocycles. The van der Waals surface area contributed by atoms with E-state index in [0.29, 0.717) is 17.3 Å². The van der Waals surface area contributed by atoms with E-state index in [1.54, 1.807) is 6.92 Å². The number of pyridine rings is 1. The highest BCUT2D eigenvalue weighted by atomic mass is 19.1. The normalized spacial score (nSPS) is 10.4. The highest BCUT2D eigenvalue weighted by Gasteiger charge is 2.11. The Hall–Kier alpha value is -2.24. The van der Waals surface area contributed by atoms with Crippen LogP contribution in [0.2, 0.25) is 0 Å². The van der Waals surface area contributed by atoms with Crippen LogP contribution in [-0.2, 0) is 0 Å². The molecule has 0 unspecified atom stereocenters. The van der Waals surface area contributed by atoms with Gasteiger partial charge < -0.3 is 11.1 Å². The summed E-state index contributed by atoms with van der Waals surface area (Å²) in [4.78, 5) is 3.53. The maximum Gasteiger partial charge on any atom is 0.169 e. The molecule has 0 amide bonds. The van der Waals surface area contributed by atoms with Gasteiger partial charge in [0.2, 0.25) is 0 Å².